The summed E-state index contributed by atoms with van der Waals surface area (Å²) in [6, 6.07) is 7.53. The first-order valence-corrected chi connectivity index (χ1v) is 6.52. The lowest BCUT2D eigenvalue weighted by Crippen LogP contribution is -2.33. The zero-order valence-corrected chi connectivity index (χ0v) is 11.8. The molecule has 1 rings (SSSR count). The minimum atomic E-state index is 0.0652. The highest BCUT2D eigenvalue weighted by molar-refractivity contribution is 5.42. The van der Waals surface area contributed by atoms with Gasteiger partial charge >= 0.3 is 0 Å². The average molecular weight is 262 g/mol. The van der Waals surface area contributed by atoms with Gasteiger partial charge in [-0.3, -0.25) is 0 Å². The van der Waals surface area contributed by atoms with Gasteiger partial charge in [0.15, 0.2) is 0 Å². The Balaban J connectivity index is 2.72. The van der Waals surface area contributed by atoms with Gasteiger partial charge in [0.25, 0.3) is 0 Å². The van der Waals surface area contributed by atoms with Crippen LogP contribution in [0.15, 0.2) is 18.2 Å². The second kappa shape index (κ2) is 7.78. The van der Waals surface area contributed by atoms with E-state index in [1.165, 1.54) is 0 Å². The van der Waals surface area contributed by atoms with Crippen molar-refractivity contribution in [2.24, 2.45) is 5.92 Å². The minimum absolute atomic E-state index is 0.0652. The first-order chi connectivity index (χ1) is 9.10. The van der Waals surface area contributed by atoms with E-state index >= 15 is 0 Å². The molecule has 0 aromatic heterocycles. The summed E-state index contributed by atoms with van der Waals surface area (Å²) in [4.78, 5) is 0. The first kappa shape index (κ1) is 15.5. The minimum Gasteiger partial charge on any atom is -0.496 e. The molecule has 1 aromatic rings. The Bertz CT molecular complexity index is 438. The third-order valence-corrected chi connectivity index (χ3v) is 2.97. The van der Waals surface area contributed by atoms with Gasteiger partial charge in [0.05, 0.1) is 25.3 Å². The van der Waals surface area contributed by atoms with Crippen molar-refractivity contribution in [3.8, 4) is 11.8 Å². The molecule has 0 aliphatic heterocycles. The molecule has 1 atom stereocenters. The number of hydrogen-bond acceptors (Lipinski definition) is 4. The summed E-state index contributed by atoms with van der Waals surface area (Å²) in [5, 5.41) is 21.6. The lowest BCUT2D eigenvalue weighted by molar-refractivity contribution is 0.223. The van der Waals surface area contributed by atoms with E-state index in [2.05, 4.69) is 25.2 Å². The lowest BCUT2D eigenvalue weighted by Gasteiger charge is -2.19. The molecule has 0 fully saturated rings. The normalized spacial score (nSPS) is 12.2. The van der Waals surface area contributed by atoms with Crippen LogP contribution in [0, 0.1) is 17.2 Å². The summed E-state index contributed by atoms with van der Waals surface area (Å²) < 4.78 is 5.28. The maximum Gasteiger partial charge on any atom is 0.123 e. The molecule has 0 amide bonds. The van der Waals surface area contributed by atoms with Crippen LogP contribution in [0.25, 0.3) is 0 Å². The number of aliphatic hydroxyl groups excluding tert-OH is 1. The summed E-state index contributed by atoms with van der Waals surface area (Å²) in [5.41, 5.74) is 1.55. The Morgan fingerprint density at radius 3 is 2.68 bits per heavy atom. The predicted molar refractivity (Wildman–Crippen MR) is 74.9 cm³/mol. The van der Waals surface area contributed by atoms with Gasteiger partial charge in [0.1, 0.15) is 5.75 Å². The van der Waals surface area contributed by atoms with Crippen molar-refractivity contribution >= 4 is 0 Å². The van der Waals surface area contributed by atoms with Crippen molar-refractivity contribution in [3.63, 3.8) is 0 Å². The van der Waals surface area contributed by atoms with E-state index < -0.39 is 0 Å². The molecule has 0 aliphatic carbocycles. The summed E-state index contributed by atoms with van der Waals surface area (Å²) in [5.74, 6) is 1.28. The number of nitrogens with one attached hydrogen (secondary N) is 1. The van der Waals surface area contributed by atoms with Crippen LogP contribution < -0.4 is 10.1 Å². The smallest absolute Gasteiger partial charge is 0.123 e. The molecule has 1 aromatic carbocycles. The summed E-state index contributed by atoms with van der Waals surface area (Å²) in [6.07, 6.45) is 0.913. The fourth-order valence-corrected chi connectivity index (χ4v) is 2.03. The Labute approximate surface area is 115 Å². The van der Waals surface area contributed by atoms with Crippen LogP contribution >= 0.6 is 0 Å². The third-order valence-electron chi connectivity index (χ3n) is 2.97. The second-order valence-corrected chi connectivity index (χ2v) is 5.03. The summed E-state index contributed by atoms with van der Waals surface area (Å²) >= 11 is 0. The summed E-state index contributed by atoms with van der Waals surface area (Å²) in [6.45, 7) is 4.94. The van der Waals surface area contributed by atoms with Crippen LogP contribution in [0.5, 0.6) is 5.75 Å². The standard InChI is InChI=1S/C15H22N2O2/c1-11(2)6-14(10-18)17-9-13-7-12(8-16)4-5-15(13)19-3/h4-5,7,11,14,17-18H,6,9-10H2,1-3H3. The first-order valence-electron chi connectivity index (χ1n) is 6.52. The fraction of sp³-hybridized carbons (Fsp3) is 0.533. The number of ether oxygens (including phenoxy) is 1. The van der Waals surface area contributed by atoms with Gasteiger partial charge in [-0.05, 0) is 30.5 Å². The Kier molecular flexibility index (Phi) is 6.34. The monoisotopic (exact) mass is 262 g/mol. The Morgan fingerprint density at radius 2 is 2.16 bits per heavy atom. The van der Waals surface area contributed by atoms with Crippen molar-refractivity contribution in [2.75, 3.05) is 13.7 Å². The number of nitrogens with zero attached hydrogens (tertiary/aromatic N) is 1. The van der Waals surface area contributed by atoms with Crippen LogP contribution in [-0.4, -0.2) is 24.9 Å². The number of aliphatic hydroxyl groups is 1. The number of rotatable bonds is 7. The van der Waals surface area contributed by atoms with Gasteiger partial charge in [-0.15, -0.1) is 0 Å². The van der Waals surface area contributed by atoms with E-state index in [4.69, 9.17) is 10.00 Å². The molecule has 0 saturated heterocycles. The molecule has 104 valence electrons. The largest absolute Gasteiger partial charge is 0.496 e. The summed E-state index contributed by atoms with van der Waals surface area (Å²) in [7, 11) is 1.61. The molecule has 0 aliphatic rings. The van der Waals surface area contributed by atoms with Gasteiger partial charge in [0, 0.05) is 18.2 Å². The molecule has 4 nitrogen and oxygen atoms in total. The van der Waals surface area contributed by atoms with Gasteiger partial charge in [-0.1, -0.05) is 13.8 Å². The number of nitriles is 1. The zero-order chi connectivity index (χ0) is 14.3. The third kappa shape index (κ3) is 4.90. The van der Waals surface area contributed by atoms with Crippen LogP contribution in [0.3, 0.4) is 0 Å². The molecule has 0 saturated carbocycles. The van der Waals surface area contributed by atoms with Crippen molar-refractivity contribution in [1.29, 1.82) is 5.26 Å². The van der Waals surface area contributed by atoms with Crippen molar-refractivity contribution in [1.82, 2.24) is 5.32 Å². The van der Waals surface area contributed by atoms with Crippen LogP contribution in [0.4, 0.5) is 0 Å². The number of methoxy groups -OCH3 is 1. The zero-order valence-electron chi connectivity index (χ0n) is 11.8. The molecule has 2 N–H and O–H groups in total. The van der Waals surface area contributed by atoms with Gasteiger partial charge in [0.2, 0.25) is 0 Å². The van der Waals surface area contributed by atoms with Gasteiger partial charge < -0.3 is 15.2 Å². The lowest BCUT2D eigenvalue weighted by atomic mass is 10.0. The van der Waals surface area contributed by atoms with Crippen LogP contribution in [0.1, 0.15) is 31.4 Å². The maximum atomic E-state index is 9.33. The van der Waals surface area contributed by atoms with Crippen LogP contribution in [-0.2, 0) is 6.54 Å². The van der Waals surface area contributed by atoms with Crippen molar-refractivity contribution in [2.45, 2.75) is 32.9 Å². The number of hydrogen-bond donors (Lipinski definition) is 2. The van der Waals surface area contributed by atoms with Gasteiger partial charge in [-0.25, -0.2) is 0 Å². The van der Waals surface area contributed by atoms with E-state index in [1.807, 2.05) is 6.07 Å². The fourth-order valence-electron chi connectivity index (χ4n) is 2.03. The molecule has 0 radical (unpaired) electrons. The predicted octanol–water partition coefficient (Wildman–Crippen LogP) is 2.06. The molecular weight excluding hydrogens is 240 g/mol. The Morgan fingerprint density at radius 1 is 1.42 bits per heavy atom. The topological polar surface area (TPSA) is 65.3 Å². The average Bonchev–Trinajstić information content (AvgIpc) is 2.42. The van der Waals surface area contributed by atoms with Crippen molar-refractivity contribution in [3.05, 3.63) is 29.3 Å². The van der Waals surface area contributed by atoms with E-state index in [9.17, 15) is 5.11 Å². The van der Waals surface area contributed by atoms with Crippen molar-refractivity contribution < 1.29 is 9.84 Å². The highest BCUT2D eigenvalue weighted by Gasteiger charge is 2.11. The number of benzene rings is 1. The van der Waals surface area contributed by atoms with Gasteiger partial charge in [-0.2, -0.15) is 5.26 Å². The van der Waals surface area contributed by atoms with Crippen LogP contribution in [0.2, 0.25) is 0 Å². The molecule has 19 heavy (non-hydrogen) atoms. The van der Waals surface area contributed by atoms with E-state index in [1.54, 1.807) is 19.2 Å². The highest BCUT2D eigenvalue weighted by Crippen LogP contribution is 2.19. The molecule has 0 spiro atoms. The molecule has 1 unspecified atom stereocenters. The molecule has 0 heterocycles. The van der Waals surface area contributed by atoms with E-state index in [-0.39, 0.29) is 12.6 Å². The quantitative estimate of drug-likeness (QED) is 0.789. The maximum absolute atomic E-state index is 9.33. The van der Waals surface area contributed by atoms with E-state index in [0.29, 0.717) is 18.0 Å². The highest BCUT2D eigenvalue weighted by atomic mass is 16.5. The molecular formula is C15H22N2O2. The Hall–Kier alpha value is -1.57. The molecule has 0 bridgehead atoms. The SMILES string of the molecule is COc1ccc(C#N)cc1CNC(CO)CC(C)C. The van der Waals surface area contributed by atoms with E-state index in [0.717, 1.165) is 17.7 Å². The second-order valence-electron chi connectivity index (χ2n) is 5.03. The molecule has 4 heteroatoms.